The van der Waals surface area contributed by atoms with E-state index in [2.05, 4.69) is 10.3 Å². The van der Waals surface area contributed by atoms with Crippen molar-refractivity contribution in [2.24, 2.45) is 0 Å². The van der Waals surface area contributed by atoms with Gasteiger partial charge >= 0.3 is 5.97 Å². The smallest absolute Gasteiger partial charge is 0.303 e. The summed E-state index contributed by atoms with van der Waals surface area (Å²) in [6.45, 7) is 3.66. The van der Waals surface area contributed by atoms with Crippen LogP contribution in [0.15, 0.2) is 30.3 Å². The second-order valence-electron chi connectivity index (χ2n) is 5.47. The summed E-state index contributed by atoms with van der Waals surface area (Å²) in [5.41, 5.74) is 3.39. The third-order valence-electron chi connectivity index (χ3n) is 3.59. The number of carbonyl (C=O) groups excluding carboxylic acids is 1. The van der Waals surface area contributed by atoms with Crippen LogP contribution in [0.2, 0.25) is 0 Å². The first-order chi connectivity index (χ1) is 11.4. The van der Waals surface area contributed by atoms with E-state index in [1.807, 2.05) is 6.92 Å². The Hall–Kier alpha value is -2.89. The molecule has 6 heteroatoms. The van der Waals surface area contributed by atoms with Crippen molar-refractivity contribution in [1.82, 2.24) is 4.98 Å². The second kappa shape index (κ2) is 7.59. The number of nitrogens with one attached hydrogen (secondary N) is 1. The lowest BCUT2D eigenvalue weighted by Crippen LogP contribution is -2.14. The van der Waals surface area contributed by atoms with Crippen LogP contribution < -0.4 is 10.1 Å². The number of aliphatic carboxylic acids is 1. The highest BCUT2D eigenvalue weighted by Crippen LogP contribution is 2.28. The van der Waals surface area contributed by atoms with E-state index in [-0.39, 0.29) is 12.3 Å². The molecule has 1 aromatic heterocycles. The predicted octanol–water partition coefficient (Wildman–Crippen LogP) is 2.98. The van der Waals surface area contributed by atoms with Crippen LogP contribution in [0.3, 0.4) is 0 Å². The van der Waals surface area contributed by atoms with E-state index in [1.165, 1.54) is 0 Å². The number of benzene rings is 1. The number of carboxylic acids is 1. The normalized spacial score (nSPS) is 10.3. The number of nitrogens with zero attached hydrogens (tertiary/aromatic N) is 1. The lowest BCUT2D eigenvalue weighted by molar-refractivity contribution is -0.136. The number of rotatable bonds is 6. The zero-order chi connectivity index (χ0) is 17.7. The summed E-state index contributed by atoms with van der Waals surface area (Å²) in [6, 6.07) is 8.63. The number of aromatic nitrogens is 1. The van der Waals surface area contributed by atoms with Gasteiger partial charge in [-0.25, -0.2) is 0 Å². The van der Waals surface area contributed by atoms with Gasteiger partial charge in [0, 0.05) is 23.7 Å². The highest BCUT2D eigenvalue weighted by atomic mass is 16.5. The van der Waals surface area contributed by atoms with Crippen LogP contribution in [-0.4, -0.2) is 29.1 Å². The Bertz CT molecular complexity index is 754. The van der Waals surface area contributed by atoms with Gasteiger partial charge in [-0.15, -0.1) is 0 Å². The molecule has 0 aliphatic heterocycles. The minimum absolute atomic E-state index is 0.0664. The summed E-state index contributed by atoms with van der Waals surface area (Å²) < 4.78 is 5.31. The number of pyridine rings is 1. The number of hydrogen-bond donors (Lipinski definition) is 2. The summed E-state index contributed by atoms with van der Waals surface area (Å²) in [7, 11) is 1.54. The van der Waals surface area contributed by atoms with Gasteiger partial charge in [0.25, 0.3) is 5.91 Å². The molecule has 0 bridgehead atoms. The third kappa shape index (κ3) is 4.32. The van der Waals surface area contributed by atoms with Crippen LogP contribution in [-0.2, 0) is 11.2 Å². The van der Waals surface area contributed by atoms with Crippen LogP contribution in [0.1, 0.15) is 33.7 Å². The average molecular weight is 328 g/mol. The van der Waals surface area contributed by atoms with Crippen molar-refractivity contribution in [3.63, 3.8) is 0 Å². The lowest BCUT2D eigenvalue weighted by Gasteiger charge is -2.13. The highest BCUT2D eigenvalue weighted by molar-refractivity contribution is 6.05. The van der Waals surface area contributed by atoms with E-state index in [1.54, 1.807) is 44.4 Å². The highest BCUT2D eigenvalue weighted by Gasteiger charge is 2.14. The molecular formula is C18H20N2O4. The summed E-state index contributed by atoms with van der Waals surface area (Å²) in [6.07, 6.45) is 0.503. The monoisotopic (exact) mass is 328 g/mol. The van der Waals surface area contributed by atoms with Crippen molar-refractivity contribution in [3.05, 3.63) is 52.8 Å². The maximum absolute atomic E-state index is 12.4. The van der Waals surface area contributed by atoms with Gasteiger partial charge in [-0.3, -0.25) is 14.6 Å². The molecule has 0 aliphatic rings. The van der Waals surface area contributed by atoms with E-state index >= 15 is 0 Å². The number of carboxylic acid groups (broad SMARTS) is 1. The number of methoxy groups -OCH3 is 1. The van der Waals surface area contributed by atoms with Gasteiger partial charge in [-0.1, -0.05) is 12.1 Å². The van der Waals surface area contributed by atoms with Gasteiger partial charge in [0.05, 0.1) is 12.8 Å². The zero-order valence-corrected chi connectivity index (χ0v) is 13.9. The Morgan fingerprint density at radius 2 is 1.88 bits per heavy atom. The molecule has 24 heavy (non-hydrogen) atoms. The minimum Gasteiger partial charge on any atom is -0.494 e. The van der Waals surface area contributed by atoms with Crippen LogP contribution in [0, 0.1) is 13.8 Å². The molecule has 0 atom stereocenters. The Labute approximate surface area is 140 Å². The Balaban J connectivity index is 2.14. The molecule has 6 nitrogen and oxygen atoms in total. The number of amides is 1. The number of ether oxygens (including phenoxy) is 1. The fraction of sp³-hybridized carbons (Fsp3) is 0.278. The average Bonchev–Trinajstić information content (AvgIpc) is 2.55. The maximum Gasteiger partial charge on any atom is 0.303 e. The van der Waals surface area contributed by atoms with E-state index in [0.29, 0.717) is 29.1 Å². The molecule has 2 aromatic rings. The zero-order valence-electron chi connectivity index (χ0n) is 13.9. The van der Waals surface area contributed by atoms with Gasteiger partial charge < -0.3 is 15.2 Å². The first-order valence-corrected chi connectivity index (χ1v) is 7.55. The van der Waals surface area contributed by atoms with Gasteiger partial charge in [-0.2, -0.15) is 0 Å². The number of anilines is 1. The quantitative estimate of drug-likeness (QED) is 0.851. The summed E-state index contributed by atoms with van der Waals surface area (Å²) >= 11 is 0. The van der Waals surface area contributed by atoms with Crippen molar-refractivity contribution >= 4 is 17.6 Å². The summed E-state index contributed by atoms with van der Waals surface area (Å²) in [4.78, 5) is 27.3. The molecular weight excluding hydrogens is 308 g/mol. The molecule has 0 aliphatic carbocycles. The predicted molar refractivity (Wildman–Crippen MR) is 90.6 cm³/mol. The van der Waals surface area contributed by atoms with Crippen LogP contribution >= 0.6 is 0 Å². The second-order valence-corrected chi connectivity index (χ2v) is 5.47. The maximum atomic E-state index is 12.4. The molecule has 0 saturated heterocycles. The minimum atomic E-state index is -0.841. The van der Waals surface area contributed by atoms with Crippen LogP contribution in [0.4, 0.5) is 5.69 Å². The van der Waals surface area contributed by atoms with Crippen LogP contribution in [0.25, 0.3) is 0 Å². The summed E-state index contributed by atoms with van der Waals surface area (Å²) in [5, 5.41) is 11.5. The molecule has 2 N–H and O–H groups in total. The van der Waals surface area contributed by atoms with Gasteiger partial charge in [0.1, 0.15) is 11.4 Å². The van der Waals surface area contributed by atoms with Crippen molar-refractivity contribution in [1.29, 1.82) is 0 Å². The molecule has 0 spiro atoms. The first kappa shape index (κ1) is 17.5. The van der Waals surface area contributed by atoms with Gasteiger partial charge in [-0.05, 0) is 38.0 Å². The molecule has 0 radical (unpaired) electrons. The van der Waals surface area contributed by atoms with E-state index in [9.17, 15) is 9.59 Å². The van der Waals surface area contributed by atoms with Crippen molar-refractivity contribution < 1.29 is 19.4 Å². The van der Waals surface area contributed by atoms with E-state index in [0.717, 1.165) is 11.3 Å². The van der Waals surface area contributed by atoms with Crippen molar-refractivity contribution in [2.75, 3.05) is 12.4 Å². The van der Waals surface area contributed by atoms with Crippen molar-refractivity contribution in [3.8, 4) is 5.75 Å². The fourth-order valence-corrected chi connectivity index (χ4v) is 2.37. The summed E-state index contributed by atoms with van der Waals surface area (Å²) in [5.74, 6) is -0.551. The number of aryl methyl sites for hydroxylation is 3. The molecule has 2 rings (SSSR count). The lowest BCUT2D eigenvalue weighted by atomic mass is 10.1. The van der Waals surface area contributed by atoms with Crippen LogP contribution in [0.5, 0.6) is 5.75 Å². The molecule has 126 valence electrons. The first-order valence-electron chi connectivity index (χ1n) is 7.55. The Morgan fingerprint density at radius 1 is 1.21 bits per heavy atom. The van der Waals surface area contributed by atoms with Crippen molar-refractivity contribution in [2.45, 2.75) is 26.7 Å². The molecule has 1 heterocycles. The van der Waals surface area contributed by atoms with Gasteiger partial charge in [0.15, 0.2) is 0 Å². The standard InChI is InChI=1S/C18H20N2O4/c1-11-10-15(24-3)17(12(2)19-11)20-18(23)14-7-4-13(5-8-14)6-9-16(21)22/h4-5,7-8,10H,6,9H2,1-3H3,(H,20,23)(H,21,22). The topological polar surface area (TPSA) is 88.5 Å². The largest absolute Gasteiger partial charge is 0.494 e. The molecule has 1 aromatic carbocycles. The molecule has 0 fully saturated rings. The van der Waals surface area contributed by atoms with E-state index < -0.39 is 5.97 Å². The van der Waals surface area contributed by atoms with Gasteiger partial charge in [0.2, 0.25) is 0 Å². The fourth-order valence-electron chi connectivity index (χ4n) is 2.37. The SMILES string of the molecule is COc1cc(C)nc(C)c1NC(=O)c1ccc(CCC(=O)O)cc1. The van der Waals surface area contributed by atoms with E-state index in [4.69, 9.17) is 9.84 Å². The molecule has 0 saturated carbocycles. The Kier molecular flexibility index (Phi) is 5.52. The third-order valence-corrected chi connectivity index (χ3v) is 3.59. The number of carbonyl (C=O) groups is 2. The Morgan fingerprint density at radius 3 is 2.46 bits per heavy atom. The molecule has 0 unspecified atom stereocenters. The number of hydrogen-bond acceptors (Lipinski definition) is 4. The molecule has 1 amide bonds.